The molecule has 0 spiro atoms. The van der Waals surface area contributed by atoms with Crippen molar-refractivity contribution in [3.63, 3.8) is 0 Å². The van der Waals surface area contributed by atoms with E-state index in [9.17, 15) is 4.39 Å². The molecular formula is C18H13BrClF. The Morgan fingerprint density at radius 2 is 1.71 bits per heavy atom. The van der Waals surface area contributed by atoms with Crippen molar-refractivity contribution < 1.29 is 4.39 Å². The third-order valence-corrected chi connectivity index (χ3v) is 4.84. The summed E-state index contributed by atoms with van der Waals surface area (Å²) in [5.41, 5.74) is 2.38. The molecule has 0 amide bonds. The normalized spacial score (nSPS) is 12.6. The van der Waals surface area contributed by atoms with Crippen LogP contribution in [0.1, 0.15) is 22.1 Å². The van der Waals surface area contributed by atoms with Crippen LogP contribution in [0.2, 0.25) is 0 Å². The summed E-state index contributed by atoms with van der Waals surface area (Å²) in [5.74, 6) is -0.223. The Bertz CT molecular complexity index is 813. The first-order valence-electron chi connectivity index (χ1n) is 6.65. The number of alkyl halides is 1. The van der Waals surface area contributed by atoms with Gasteiger partial charge < -0.3 is 0 Å². The summed E-state index contributed by atoms with van der Waals surface area (Å²) in [5, 5.41) is 1.80. The maximum absolute atomic E-state index is 13.8. The molecular weight excluding hydrogens is 351 g/mol. The number of hydrogen-bond donors (Lipinski definition) is 0. The largest absolute Gasteiger partial charge is 0.207 e. The van der Waals surface area contributed by atoms with Crippen molar-refractivity contribution in [3.05, 3.63) is 81.6 Å². The number of benzene rings is 3. The van der Waals surface area contributed by atoms with Crippen LogP contribution in [0, 0.1) is 12.7 Å². The van der Waals surface area contributed by atoms with Crippen LogP contribution in [0.3, 0.4) is 0 Å². The van der Waals surface area contributed by atoms with Gasteiger partial charge in [0.1, 0.15) is 5.82 Å². The maximum atomic E-state index is 13.8. The first-order chi connectivity index (χ1) is 10.1. The molecule has 3 aromatic rings. The molecule has 0 aromatic heterocycles. The van der Waals surface area contributed by atoms with Gasteiger partial charge in [-0.05, 0) is 46.5 Å². The van der Waals surface area contributed by atoms with Crippen LogP contribution in [0.4, 0.5) is 4.39 Å². The van der Waals surface area contributed by atoms with Gasteiger partial charge in [0, 0.05) is 4.47 Å². The smallest absolute Gasteiger partial charge is 0.126 e. The van der Waals surface area contributed by atoms with Gasteiger partial charge in [-0.15, -0.1) is 11.6 Å². The monoisotopic (exact) mass is 362 g/mol. The van der Waals surface area contributed by atoms with Crippen LogP contribution < -0.4 is 0 Å². The lowest BCUT2D eigenvalue weighted by Gasteiger charge is -2.15. The van der Waals surface area contributed by atoms with E-state index in [2.05, 4.69) is 15.9 Å². The van der Waals surface area contributed by atoms with Gasteiger partial charge in [-0.3, -0.25) is 0 Å². The third kappa shape index (κ3) is 2.70. The van der Waals surface area contributed by atoms with E-state index in [4.69, 9.17) is 11.6 Å². The first-order valence-corrected chi connectivity index (χ1v) is 7.88. The van der Waals surface area contributed by atoms with Gasteiger partial charge in [0.15, 0.2) is 0 Å². The molecule has 0 saturated heterocycles. The third-order valence-electron chi connectivity index (χ3n) is 3.67. The Kier molecular flexibility index (Phi) is 4.01. The Morgan fingerprint density at radius 1 is 1.00 bits per heavy atom. The molecule has 0 radical (unpaired) electrons. The molecule has 0 N–H and O–H groups in total. The average Bonchev–Trinajstić information content (AvgIpc) is 2.50. The average molecular weight is 364 g/mol. The van der Waals surface area contributed by atoms with Gasteiger partial charge >= 0.3 is 0 Å². The topological polar surface area (TPSA) is 0 Å². The fourth-order valence-electron chi connectivity index (χ4n) is 2.45. The minimum Gasteiger partial charge on any atom is -0.207 e. The molecule has 1 unspecified atom stereocenters. The van der Waals surface area contributed by atoms with E-state index in [-0.39, 0.29) is 11.2 Å². The second-order valence-electron chi connectivity index (χ2n) is 5.05. The molecule has 106 valence electrons. The molecule has 3 aromatic carbocycles. The first kappa shape index (κ1) is 14.6. The van der Waals surface area contributed by atoms with Crippen molar-refractivity contribution in [2.24, 2.45) is 0 Å². The van der Waals surface area contributed by atoms with E-state index < -0.39 is 0 Å². The van der Waals surface area contributed by atoms with E-state index in [0.29, 0.717) is 5.56 Å². The van der Waals surface area contributed by atoms with Crippen molar-refractivity contribution in [1.82, 2.24) is 0 Å². The maximum Gasteiger partial charge on any atom is 0.126 e. The summed E-state index contributed by atoms with van der Waals surface area (Å²) in [6.07, 6.45) is 0. The number of aryl methyl sites for hydroxylation is 1. The Balaban J connectivity index is 2.15. The summed E-state index contributed by atoms with van der Waals surface area (Å²) in [6, 6.07) is 17.2. The van der Waals surface area contributed by atoms with Crippen LogP contribution in [-0.2, 0) is 0 Å². The second kappa shape index (κ2) is 5.78. The second-order valence-corrected chi connectivity index (χ2v) is 6.34. The SMILES string of the molecule is Cc1ccc(C(Cl)c2ccc(Br)c3ccccc23)cc1F. The van der Waals surface area contributed by atoms with Gasteiger partial charge in [-0.25, -0.2) is 4.39 Å². The highest BCUT2D eigenvalue weighted by Crippen LogP contribution is 2.36. The lowest BCUT2D eigenvalue weighted by Crippen LogP contribution is -1.97. The van der Waals surface area contributed by atoms with Crippen LogP contribution in [0.15, 0.2) is 59.1 Å². The van der Waals surface area contributed by atoms with Gasteiger partial charge in [0.2, 0.25) is 0 Å². The lowest BCUT2D eigenvalue weighted by atomic mass is 9.97. The van der Waals surface area contributed by atoms with Crippen LogP contribution >= 0.6 is 27.5 Å². The van der Waals surface area contributed by atoms with Gasteiger partial charge in [0.25, 0.3) is 0 Å². The van der Waals surface area contributed by atoms with E-state index in [1.165, 1.54) is 6.07 Å². The molecule has 0 nitrogen and oxygen atoms in total. The van der Waals surface area contributed by atoms with E-state index >= 15 is 0 Å². The highest BCUT2D eigenvalue weighted by Gasteiger charge is 2.16. The summed E-state index contributed by atoms with van der Waals surface area (Å²) >= 11 is 10.2. The molecule has 0 bridgehead atoms. The summed E-state index contributed by atoms with van der Waals surface area (Å²) < 4.78 is 14.8. The van der Waals surface area contributed by atoms with Crippen molar-refractivity contribution in [2.75, 3.05) is 0 Å². The minimum atomic E-state index is -0.377. The minimum absolute atomic E-state index is 0.223. The van der Waals surface area contributed by atoms with Crippen molar-refractivity contribution in [1.29, 1.82) is 0 Å². The van der Waals surface area contributed by atoms with Crippen molar-refractivity contribution in [3.8, 4) is 0 Å². The zero-order valence-corrected chi connectivity index (χ0v) is 13.7. The van der Waals surface area contributed by atoms with Crippen LogP contribution in [0.5, 0.6) is 0 Å². The van der Waals surface area contributed by atoms with Crippen LogP contribution in [-0.4, -0.2) is 0 Å². The van der Waals surface area contributed by atoms with Crippen molar-refractivity contribution >= 4 is 38.3 Å². The molecule has 0 heterocycles. The lowest BCUT2D eigenvalue weighted by molar-refractivity contribution is 0.616. The fourth-order valence-corrected chi connectivity index (χ4v) is 3.26. The molecule has 21 heavy (non-hydrogen) atoms. The zero-order valence-electron chi connectivity index (χ0n) is 11.4. The van der Waals surface area contributed by atoms with Gasteiger partial charge in [-0.2, -0.15) is 0 Å². The predicted molar refractivity (Wildman–Crippen MR) is 90.5 cm³/mol. The Hall–Kier alpha value is -1.38. The number of rotatable bonds is 2. The summed E-state index contributed by atoms with van der Waals surface area (Å²) in [7, 11) is 0. The molecule has 3 rings (SSSR count). The Morgan fingerprint density at radius 3 is 2.43 bits per heavy atom. The molecule has 0 aliphatic carbocycles. The molecule has 0 saturated carbocycles. The summed E-state index contributed by atoms with van der Waals surface area (Å²) in [6.45, 7) is 1.75. The molecule has 0 aliphatic heterocycles. The number of hydrogen-bond acceptors (Lipinski definition) is 0. The standard InChI is InChI=1S/C18H13BrClF/c1-11-6-7-12(10-17(11)21)18(20)15-8-9-16(19)14-5-3-2-4-13(14)15/h2-10,18H,1H3. The molecule has 3 heteroatoms. The summed E-state index contributed by atoms with van der Waals surface area (Å²) in [4.78, 5) is 0. The highest BCUT2D eigenvalue weighted by molar-refractivity contribution is 9.10. The van der Waals surface area contributed by atoms with Crippen LogP contribution in [0.25, 0.3) is 10.8 Å². The molecule has 0 fully saturated rings. The van der Waals surface area contributed by atoms with E-state index in [0.717, 1.165) is 26.4 Å². The highest BCUT2D eigenvalue weighted by atomic mass is 79.9. The Labute approximate surface area is 136 Å². The molecule has 0 aliphatic rings. The number of fused-ring (bicyclic) bond motifs is 1. The fraction of sp³-hybridized carbons (Fsp3) is 0.111. The quantitative estimate of drug-likeness (QED) is 0.463. The zero-order chi connectivity index (χ0) is 15.0. The predicted octanol–water partition coefficient (Wildman–Crippen LogP) is 6.38. The van der Waals surface area contributed by atoms with Gasteiger partial charge in [0.05, 0.1) is 5.38 Å². The molecule has 1 atom stereocenters. The number of halogens is 3. The van der Waals surface area contributed by atoms with Gasteiger partial charge in [-0.1, -0.05) is 58.4 Å². The van der Waals surface area contributed by atoms with E-state index in [1.54, 1.807) is 13.0 Å². The van der Waals surface area contributed by atoms with Crippen molar-refractivity contribution in [2.45, 2.75) is 12.3 Å². The van der Waals surface area contributed by atoms with E-state index in [1.807, 2.05) is 42.5 Å².